The average molecular weight is 355 g/mol. The van der Waals surface area contributed by atoms with Crippen LogP contribution in [0.5, 0.6) is 0 Å². The molecule has 7 heteroatoms. The maximum Gasteiger partial charge on any atom is 0.330 e. The maximum absolute atomic E-state index is 11.9. The van der Waals surface area contributed by atoms with Crippen molar-refractivity contribution >= 4 is 22.1 Å². The van der Waals surface area contributed by atoms with Crippen LogP contribution in [0.3, 0.4) is 0 Å². The second kappa shape index (κ2) is 10.2. The van der Waals surface area contributed by atoms with Crippen LogP contribution < -0.4 is 4.72 Å². The maximum atomic E-state index is 11.9. The Morgan fingerprint density at radius 1 is 1.21 bits per heavy atom. The van der Waals surface area contributed by atoms with E-state index in [0.717, 1.165) is 6.42 Å². The standard InChI is InChI=1S/C17H25NO5S/c1-4-11-18-24(20,21)16-8-5-15(6-9-16)7-10-17(19)23-13-12-22-14(2)3/h5-10,14,18H,4,11-13H2,1-3H3. The van der Waals surface area contributed by atoms with Crippen molar-refractivity contribution in [3.8, 4) is 0 Å². The number of sulfonamides is 1. The normalized spacial score (nSPS) is 12.0. The van der Waals surface area contributed by atoms with Gasteiger partial charge in [-0.1, -0.05) is 19.1 Å². The van der Waals surface area contributed by atoms with Gasteiger partial charge in [-0.15, -0.1) is 0 Å². The van der Waals surface area contributed by atoms with E-state index in [9.17, 15) is 13.2 Å². The van der Waals surface area contributed by atoms with Crippen molar-refractivity contribution in [2.45, 2.75) is 38.2 Å². The Balaban J connectivity index is 2.53. The molecule has 0 heterocycles. The number of ether oxygens (including phenoxy) is 2. The largest absolute Gasteiger partial charge is 0.460 e. The predicted molar refractivity (Wildman–Crippen MR) is 93.0 cm³/mol. The van der Waals surface area contributed by atoms with Crippen molar-refractivity contribution in [1.82, 2.24) is 4.72 Å². The fourth-order valence-corrected chi connectivity index (χ4v) is 2.85. The quantitative estimate of drug-likeness (QED) is 0.396. The zero-order chi connectivity index (χ0) is 18.0. The van der Waals surface area contributed by atoms with Crippen LogP contribution in [0.15, 0.2) is 35.2 Å². The van der Waals surface area contributed by atoms with Gasteiger partial charge in [-0.25, -0.2) is 17.9 Å². The van der Waals surface area contributed by atoms with Gasteiger partial charge < -0.3 is 9.47 Å². The lowest BCUT2D eigenvalue weighted by Gasteiger charge is -2.07. The van der Waals surface area contributed by atoms with Crippen molar-refractivity contribution in [2.75, 3.05) is 19.8 Å². The first-order valence-electron chi connectivity index (χ1n) is 7.91. The molecule has 1 aromatic carbocycles. The Hall–Kier alpha value is -1.70. The summed E-state index contributed by atoms with van der Waals surface area (Å²) in [6, 6.07) is 6.26. The first-order valence-corrected chi connectivity index (χ1v) is 9.39. The lowest BCUT2D eigenvalue weighted by Crippen LogP contribution is -2.24. The summed E-state index contributed by atoms with van der Waals surface area (Å²) in [5, 5.41) is 0. The number of rotatable bonds is 10. The van der Waals surface area contributed by atoms with Crippen LogP contribution in [0.25, 0.3) is 6.08 Å². The molecule has 134 valence electrons. The minimum Gasteiger partial charge on any atom is -0.460 e. The molecule has 0 radical (unpaired) electrons. The van der Waals surface area contributed by atoms with Crippen molar-refractivity contribution in [3.05, 3.63) is 35.9 Å². The van der Waals surface area contributed by atoms with Crippen LogP contribution in [0, 0.1) is 0 Å². The topological polar surface area (TPSA) is 81.7 Å². The third-order valence-electron chi connectivity index (χ3n) is 2.92. The third kappa shape index (κ3) is 7.72. The van der Waals surface area contributed by atoms with Crippen LogP contribution in [-0.4, -0.2) is 40.2 Å². The highest BCUT2D eigenvalue weighted by molar-refractivity contribution is 7.89. The fourth-order valence-electron chi connectivity index (χ4n) is 1.72. The van der Waals surface area contributed by atoms with E-state index >= 15 is 0 Å². The van der Waals surface area contributed by atoms with Crippen molar-refractivity contribution < 1.29 is 22.7 Å². The number of carbonyl (C=O) groups is 1. The number of benzene rings is 1. The minimum atomic E-state index is -3.47. The summed E-state index contributed by atoms with van der Waals surface area (Å²) in [5.41, 5.74) is 0.708. The first-order chi connectivity index (χ1) is 11.3. The summed E-state index contributed by atoms with van der Waals surface area (Å²) >= 11 is 0. The molecule has 0 aliphatic heterocycles. The van der Waals surface area contributed by atoms with Gasteiger partial charge in [-0.2, -0.15) is 0 Å². The Kier molecular flexibility index (Phi) is 8.67. The second-order valence-electron chi connectivity index (χ2n) is 5.39. The van der Waals surface area contributed by atoms with Crippen molar-refractivity contribution in [2.24, 2.45) is 0 Å². The summed E-state index contributed by atoms with van der Waals surface area (Å²) in [6.45, 7) is 6.66. The lowest BCUT2D eigenvalue weighted by molar-refractivity contribution is -0.139. The van der Waals surface area contributed by atoms with E-state index in [1.165, 1.54) is 18.2 Å². The van der Waals surface area contributed by atoms with Gasteiger partial charge in [0.05, 0.1) is 17.6 Å². The van der Waals surface area contributed by atoms with E-state index in [0.29, 0.717) is 18.7 Å². The molecule has 1 aromatic rings. The van der Waals surface area contributed by atoms with Crippen molar-refractivity contribution in [3.63, 3.8) is 0 Å². The molecule has 0 aromatic heterocycles. The van der Waals surface area contributed by atoms with E-state index in [1.54, 1.807) is 18.2 Å². The number of esters is 1. The van der Waals surface area contributed by atoms with Gasteiger partial charge in [0, 0.05) is 12.6 Å². The van der Waals surface area contributed by atoms with Crippen LogP contribution in [0.1, 0.15) is 32.8 Å². The molecule has 0 saturated heterocycles. The Morgan fingerprint density at radius 3 is 2.46 bits per heavy atom. The monoisotopic (exact) mass is 355 g/mol. The third-order valence-corrected chi connectivity index (χ3v) is 4.40. The molecule has 0 amide bonds. The highest BCUT2D eigenvalue weighted by Gasteiger charge is 2.12. The van der Waals surface area contributed by atoms with Gasteiger partial charge in [-0.05, 0) is 44.0 Å². The second-order valence-corrected chi connectivity index (χ2v) is 7.15. The van der Waals surface area contributed by atoms with Gasteiger partial charge >= 0.3 is 5.97 Å². The van der Waals surface area contributed by atoms with Crippen LogP contribution in [0.4, 0.5) is 0 Å². The number of nitrogens with one attached hydrogen (secondary N) is 1. The molecular weight excluding hydrogens is 330 g/mol. The molecule has 0 atom stereocenters. The summed E-state index contributed by atoms with van der Waals surface area (Å²) < 4.78 is 36.6. The summed E-state index contributed by atoms with van der Waals surface area (Å²) in [6.07, 6.45) is 3.70. The number of hydrogen-bond donors (Lipinski definition) is 1. The summed E-state index contributed by atoms with van der Waals surface area (Å²) in [4.78, 5) is 11.7. The summed E-state index contributed by atoms with van der Waals surface area (Å²) in [7, 11) is -3.47. The van der Waals surface area contributed by atoms with Crippen LogP contribution >= 0.6 is 0 Å². The lowest BCUT2D eigenvalue weighted by atomic mass is 10.2. The van der Waals surface area contributed by atoms with Gasteiger partial charge in [0.25, 0.3) is 0 Å². The number of carbonyl (C=O) groups excluding carboxylic acids is 1. The molecule has 0 bridgehead atoms. The molecule has 24 heavy (non-hydrogen) atoms. The molecule has 1 rings (SSSR count). The zero-order valence-electron chi connectivity index (χ0n) is 14.3. The molecule has 0 unspecified atom stereocenters. The zero-order valence-corrected chi connectivity index (χ0v) is 15.1. The fraction of sp³-hybridized carbons (Fsp3) is 0.471. The molecular formula is C17H25NO5S. The SMILES string of the molecule is CCCNS(=O)(=O)c1ccc(C=CC(=O)OCCOC(C)C)cc1. The van der Waals surface area contributed by atoms with Crippen LogP contribution in [-0.2, 0) is 24.3 Å². The molecule has 0 fully saturated rings. The van der Waals surface area contributed by atoms with E-state index in [2.05, 4.69) is 4.72 Å². The molecule has 0 aliphatic carbocycles. The number of hydrogen-bond acceptors (Lipinski definition) is 5. The minimum absolute atomic E-state index is 0.0980. The molecule has 0 saturated carbocycles. The first kappa shape index (κ1) is 20.3. The van der Waals surface area contributed by atoms with Gasteiger partial charge in [0.2, 0.25) is 10.0 Å². The predicted octanol–water partition coefficient (Wildman–Crippen LogP) is 2.36. The molecule has 0 spiro atoms. The van der Waals surface area contributed by atoms with Crippen molar-refractivity contribution in [1.29, 1.82) is 0 Å². The van der Waals surface area contributed by atoms with Crippen LogP contribution in [0.2, 0.25) is 0 Å². The van der Waals surface area contributed by atoms with E-state index in [1.807, 2.05) is 20.8 Å². The van der Waals surface area contributed by atoms with Gasteiger partial charge in [0.1, 0.15) is 6.61 Å². The Labute approximate surface area is 143 Å². The highest BCUT2D eigenvalue weighted by atomic mass is 32.2. The van der Waals surface area contributed by atoms with Gasteiger partial charge in [0.15, 0.2) is 0 Å². The summed E-state index contributed by atoms with van der Waals surface area (Å²) in [5.74, 6) is -0.469. The van der Waals surface area contributed by atoms with E-state index < -0.39 is 16.0 Å². The Bertz CT molecular complexity index is 635. The average Bonchev–Trinajstić information content (AvgIpc) is 2.55. The van der Waals surface area contributed by atoms with Gasteiger partial charge in [-0.3, -0.25) is 0 Å². The highest BCUT2D eigenvalue weighted by Crippen LogP contribution is 2.11. The molecule has 0 aliphatic rings. The molecule has 1 N–H and O–H groups in total. The smallest absolute Gasteiger partial charge is 0.330 e. The van der Waals surface area contributed by atoms with E-state index in [-0.39, 0.29) is 17.6 Å². The molecule has 6 nitrogen and oxygen atoms in total. The van der Waals surface area contributed by atoms with E-state index in [4.69, 9.17) is 9.47 Å². The Morgan fingerprint density at radius 2 is 1.88 bits per heavy atom.